The first-order valence-electron chi connectivity index (χ1n) is 11.8. The summed E-state index contributed by atoms with van der Waals surface area (Å²) in [4.78, 5) is 18.7. The molecule has 1 aromatic heterocycles. The summed E-state index contributed by atoms with van der Waals surface area (Å²) in [5.41, 5.74) is 1.03. The first-order valence-corrected chi connectivity index (χ1v) is 12.2. The molecule has 8 heteroatoms. The SMILES string of the molecule is COc1ccc2ncc(Cl)c([C@H](O)CCC3(C(=O)O)CCN(CC#Cc4ccc(F)cc4)CC3)c2c1. The van der Waals surface area contributed by atoms with Crippen molar-refractivity contribution in [1.82, 2.24) is 9.88 Å². The van der Waals surface area contributed by atoms with Crippen molar-refractivity contribution in [3.05, 3.63) is 70.6 Å². The predicted octanol–water partition coefficient (Wildman–Crippen LogP) is 5.07. The molecule has 0 aliphatic carbocycles. The van der Waals surface area contributed by atoms with Gasteiger partial charge in [-0.1, -0.05) is 23.4 Å². The molecule has 1 aliphatic heterocycles. The number of benzene rings is 2. The second-order valence-electron chi connectivity index (χ2n) is 9.13. The van der Waals surface area contributed by atoms with Gasteiger partial charge in [0.2, 0.25) is 0 Å². The molecule has 188 valence electrons. The summed E-state index contributed by atoms with van der Waals surface area (Å²) < 4.78 is 18.3. The van der Waals surface area contributed by atoms with E-state index in [1.807, 2.05) is 0 Å². The standard InChI is InChI=1S/C28H28ClFN2O4/c1-36-21-8-9-24-22(17-21)26(23(29)18-31-24)25(33)10-11-28(27(34)35)12-15-32(16-13-28)14-2-3-19-4-6-20(30)7-5-19/h4-9,17-18,25,33H,10-16H2,1H3,(H,34,35)/t25-/m1/s1. The van der Waals surface area contributed by atoms with Crippen molar-refractivity contribution >= 4 is 28.5 Å². The van der Waals surface area contributed by atoms with Crippen LogP contribution in [0.4, 0.5) is 4.39 Å². The van der Waals surface area contributed by atoms with E-state index < -0.39 is 17.5 Å². The molecular formula is C28H28ClFN2O4. The molecular weight excluding hydrogens is 483 g/mol. The maximum atomic E-state index is 13.0. The van der Waals surface area contributed by atoms with Crippen LogP contribution in [-0.2, 0) is 4.79 Å². The Balaban J connectivity index is 1.41. The number of likely N-dealkylation sites (tertiary alicyclic amines) is 1. The molecule has 1 saturated heterocycles. The van der Waals surface area contributed by atoms with Gasteiger partial charge in [0.15, 0.2) is 0 Å². The number of aliphatic hydroxyl groups excluding tert-OH is 1. The van der Waals surface area contributed by atoms with Crippen LogP contribution in [0.5, 0.6) is 5.75 Å². The van der Waals surface area contributed by atoms with Gasteiger partial charge in [0.05, 0.1) is 35.7 Å². The Bertz CT molecular complexity index is 1290. The molecule has 2 heterocycles. The van der Waals surface area contributed by atoms with E-state index in [0.29, 0.717) is 66.1 Å². The number of methoxy groups -OCH3 is 1. The van der Waals surface area contributed by atoms with Crippen LogP contribution in [0.3, 0.4) is 0 Å². The topological polar surface area (TPSA) is 82.9 Å². The van der Waals surface area contributed by atoms with E-state index >= 15 is 0 Å². The number of hydrogen-bond acceptors (Lipinski definition) is 5. The number of ether oxygens (including phenoxy) is 1. The van der Waals surface area contributed by atoms with E-state index in [9.17, 15) is 19.4 Å². The highest BCUT2D eigenvalue weighted by atomic mass is 35.5. The minimum Gasteiger partial charge on any atom is -0.497 e. The average Bonchev–Trinajstić information content (AvgIpc) is 2.88. The summed E-state index contributed by atoms with van der Waals surface area (Å²) >= 11 is 6.41. The van der Waals surface area contributed by atoms with Crippen molar-refractivity contribution in [2.45, 2.75) is 31.8 Å². The lowest BCUT2D eigenvalue weighted by Gasteiger charge is -2.38. The van der Waals surface area contributed by atoms with E-state index in [2.05, 4.69) is 21.7 Å². The molecule has 1 fully saturated rings. The van der Waals surface area contributed by atoms with Gasteiger partial charge in [0.1, 0.15) is 11.6 Å². The Morgan fingerprint density at radius 1 is 1.25 bits per heavy atom. The number of halogens is 2. The molecule has 0 unspecified atom stereocenters. The molecule has 0 amide bonds. The molecule has 6 nitrogen and oxygen atoms in total. The highest BCUT2D eigenvalue weighted by Gasteiger charge is 2.41. The number of carboxylic acids is 1. The van der Waals surface area contributed by atoms with Crippen molar-refractivity contribution in [2.24, 2.45) is 5.41 Å². The lowest BCUT2D eigenvalue weighted by Crippen LogP contribution is -2.44. The molecule has 0 spiro atoms. The third kappa shape index (κ3) is 5.79. The van der Waals surface area contributed by atoms with Crippen molar-refractivity contribution in [3.8, 4) is 17.6 Å². The quantitative estimate of drug-likeness (QED) is 0.432. The first kappa shape index (κ1) is 25.9. The zero-order chi connectivity index (χ0) is 25.7. The Morgan fingerprint density at radius 2 is 1.97 bits per heavy atom. The second-order valence-corrected chi connectivity index (χ2v) is 9.53. The molecule has 0 radical (unpaired) electrons. The number of hydrogen-bond donors (Lipinski definition) is 2. The van der Waals surface area contributed by atoms with Gasteiger partial charge in [0, 0.05) is 35.8 Å². The molecule has 2 N–H and O–H groups in total. The monoisotopic (exact) mass is 510 g/mol. The van der Waals surface area contributed by atoms with Gasteiger partial charge in [-0.05, 0) is 68.1 Å². The lowest BCUT2D eigenvalue weighted by atomic mass is 9.74. The summed E-state index contributed by atoms with van der Waals surface area (Å²) in [6.45, 7) is 1.70. The largest absolute Gasteiger partial charge is 0.497 e. The van der Waals surface area contributed by atoms with Crippen molar-refractivity contribution < 1.29 is 24.1 Å². The highest BCUT2D eigenvalue weighted by molar-refractivity contribution is 6.32. The van der Waals surface area contributed by atoms with E-state index in [0.717, 1.165) is 5.56 Å². The number of piperidine rings is 1. The maximum absolute atomic E-state index is 13.0. The zero-order valence-electron chi connectivity index (χ0n) is 20.0. The summed E-state index contributed by atoms with van der Waals surface area (Å²) in [6, 6.07) is 11.4. The van der Waals surface area contributed by atoms with Crippen LogP contribution in [0.1, 0.15) is 42.9 Å². The van der Waals surface area contributed by atoms with E-state index in [1.165, 1.54) is 18.3 Å². The maximum Gasteiger partial charge on any atom is 0.309 e. The van der Waals surface area contributed by atoms with E-state index in [1.54, 1.807) is 37.4 Å². The number of nitrogens with zero attached hydrogens (tertiary/aromatic N) is 2. The molecule has 1 atom stereocenters. The number of fused-ring (bicyclic) bond motifs is 1. The van der Waals surface area contributed by atoms with Crippen LogP contribution < -0.4 is 4.74 Å². The van der Waals surface area contributed by atoms with Crippen LogP contribution in [0.2, 0.25) is 5.02 Å². The smallest absolute Gasteiger partial charge is 0.309 e. The average molecular weight is 511 g/mol. The van der Waals surface area contributed by atoms with Gasteiger partial charge in [-0.15, -0.1) is 0 Å². The summed E-state index contributed by atoms with van der Waals surface area (Å²) in [7, 11) is 1.56. The minimum atomic E-state index is -0.939. The molecule has 36 heavy (non-hydrogen) atoms. The van der Waals surface area contributed by atoms with Gasteiger partial charge < -0.3 is 14.9 Å². The minimum absolute atomic E-state index is 0.257. The van der Waals surface area contributed by atoms with Crippen LogP contribution in [0.15, 0.2) is 48.7 Å². The second kappa shape index (κ2) is 11.3. The zero-order valence-corrected chi connectivity index (χ0v) is 20.8. The number of aliphatic hydroxyl groups is 1. The fraction of sp³-hybridized carbons (Fsp3) is 0.357. The van der Waals surface area contributed by atoms with Crippen molar-refractivity contribution in [1.29, 1.82) is 0 Å². The van der Waals surface area contributed by atoms with Gasteiger partial charge >= 0.3 is 5.97 Å². The van der Waals surface area contributed by atoms with Gasteiger partial charge in [-0.25, -0.2) is 4.39 Å². The number of aliphatic carboxylic acids is 1. The van der Waals surface area contributed by atoms with Crippen LogP contribution in [0.25, 0.3) is 10.9 Å². The predicted molar refractivity (Wildman–Crippen MR) is 137 cm³/mol. The van der Waals surface area contributed by atoms with Gasteiger partial charge in [-0.2, -0.15) is 0 Å². The van der Waals surface area contributed by atoms with Gasteiger partial charge in [-0.3, -0.25) is 14.7 Å². The molecule has 1 aliphatic rings. The Labute approximate surface area is 214 Å². The fourth-order valence-electron chi connectivity index (χ4n) is 4.69. The third-order valence-corrected chi connectivity index (χ3v) is 7.25. The molecule has 3 aromatic rings. The normalized spacial score (nSPS) is 16.2. The Hall–Kier alpha value is -3.18. The van der Waals surface area contributed by atoms with Gasteiger partial charge in [0.25, 0.3) is 0 Å². The Morgan fingerprint density at radius 3 is 2.64 bits per heavy atom. The van der Waals surface area contributed by atoms with E-state index in [-0.39, 0.29) is 12.2 Å². The molecule has 2 aromatic carbocycles. The molecule has 4 rings (SSSR count). The van der Waals surface area contributed by atoms with Crippen molar-refractivity contribution in [2.75, 3.05) is 26.7 Å². The number of carbonyl (C=O) groups is 1. The number of aromatic nitrogens is 1. The van der Waals surface area contributed by atoms with Crippen molar-refractivity contribution in [3.63, 3.8) is 0 Å². The fourth-order valence-corrected chi connectivity index (χ4v) is 4.96. The summed E-state index contributed by atoms with van der Waals surface area (Å²) in [5.74, 6) is 5.58. The summed E-state index contributed by atoms with van der Waals surface area (Å²) in [6.07, 6.45) is 2.08. The highest BCUT2D eigenvalue weighted by Crippen LogP contribution is 2.41. The van der Waals surface area contributed by atoms with E-state index in [4.69, 9.17) is 16.3 Å². The molecule has 0 bridgehead atoms. The number of pyridine rings is 1. The van der Waals surface area contributed by atoms with Crippen LogP contribution in [0, 0.1) is 23.1 Å². The first-order chi connectivity index (χ1) is 17.3. The summed E-state index contributed by atoms with van der Waals surface area (Å²) in [5, 5.41) is 22.2. The third-order valence-electron chi connectivity index (χ3n) is 6.94. The number of rotatable bonds is 7. The molecule has 0 saturated carbocycles. The van der Waals surface area contributed by atoms with Crippen LogP contribution in [-0.4, -0.2) is 52.8 Å². The Kier molecular flexibility index (Phi) is 8.10. The van der Waals surface area contributed by atoms with Crippen LogP contribution >= 0.6 is 11.6 Å². The lowest BCUT2D eigenvalue weighted by molar-refractivity contribution is -0.153. The number of carboxylic acid groups (broad SMARTS) is 1.